The van der Waals surface area contributed by atoms with Gasteiger partial charge in [0.25, 0.3) is 0 Å². The van der Waals surface area contributed by atoms with Crippen LogP contribution >= 0.6 is 11.6 Å². The summed E-state index contributed by atoms with van der Waals surface area (Å²) in [6.45, 7) is 1.47. The first kappa shape index (κ1) is 16.4. The molecule has 0 atom stereocenters. The van der Waals surface area contributed by atoms with Gasteiger partial charge in [-0.2, -0.15) is 0 Å². The summed E-state index contributed by atoms with van der Waals surface area (Å²) >= 11 is 5.98. The number of nitrogens with one attached hydrogen (secondary N) is 2. The highest BCUT2D eigenvalue weighted by Crippen LogP contribution is 2.25. The Morgan fingerprint density at radius 1 is 1.32 bits per heavy atom. The van der Waals surface area contributed by atoms with Crippen LogP contribution in [-0.2, 0) is 21.4 Å². The Bertz CT molecular complexity index is 779. The summed E-state index contributed by atoms with van der Waals surface area (Å²) in [4.78, 5) is 14.9. The molecule has 0 unspecified atom stereocenters. The number of halogens is 1. The molecule has 0 spiro atoms. The van der Waals surface area contributed by atoms with E-state index in [1.54, 1.807) is 24.5 Å². The van der Waals surface area contributed by atoms with Crippen molar-refractivity contribution in [3.05, 3.63) is 53.3 Å². The summed E-state index contributed by atoms with van der Waals surface area (Å²) in [5.74, 6) is -0.285. The van der Waals surface area contributed by atoms with Gasteiger partial charge in [0.1, 0.15) is 0 Å². The third-order valence-corrected chi connectivity index (χ3v) is 4.46. The molecule has 0 aliphatic heterocycles. The van der Waals surface area contributed by atoms with Crippen molar-refractivity contribution in [1.82, 2.24) is 9.71 Å². The lowest BCUT2D eigenvalue weighted by Crippen LogP contribution is -2.23. The van der Waals surface area contributed by atoms with Crippen molar-refractivity contribution < 1.29 is 13.2 Å². The Labute approximate surface area is 133 Å². The third kappa shape index (κ3) is 4.27. The van der Waals surface area contributed by atoms with Gasteiger partial charge in [-0.3, -0.25) is 9.78 Å². The number of nitrogens with zero attached hydrogens (tertiary/aromatic N) is 1. The second kappa shape index (κ2) is 6.87. The van der Waals surface area contributed by atoms with E-state index in [0.717, 1.165) is 5.56 Å². The number of hydrogen-bond donors (Lipinski definition) is 2. The zero-order valence-corrected chi connectivity index (χ0v) is 13.3. The van der Waals surface area contributed by atoms with Crippen LogP contribution in [0.4, 0.5) is 5.69 Å². The Hall–Kier alpha value is -1.96. The number of carbonyl (C=O) groups excluding carboxylic acids is 1. The van der Waals surface area contributed by atoms with E-state index >= 15 is 0 Å². The van der Waals surface area contributed by atoms with Crippen LogP contribution in [0.5, 0.6) is 0 Å². The van der Waals surface area contributed by atoms with Crippen molar-refractivity contribution in [2.45, 2.75) is 18.4 Å². The van der Waals surface area contributed by atoms with Crippen LogP contribution in [0.25, 0.3) is 0 Å². The Balaban J connectivity index is 2.15. The smallest absolute Gasteiger partial charge is 0.240 e. The largest absolute Gasteiger partial charge is 0.325 e. The molecule has 1 aromatic carbocycles. The first-order chi connectivity index (χ1) is 10.4. The van der Waals surface area contributed by atoms with Crippen LogP contribution < -0.4 is 10.0 Å². The molecule has 22 heavy (non-hydrogen) atoms. The van der Waals surface area contributed by atoms with Crippen LogP contribution in [0.15, 0.2) is 47.6 Å². The molecule has 0 fully saturated rings. The number of rotatable bonds is 5. The lowest BCUT2D eigenvalue weighted by molar-refractivity contribution is -0.114. The molecule has 2 rings (SSSR count). The number of anilines is 1. The van der Waals surface area contributed by atoms with Crippen LogP contribution in [0.2, 0.25) is 5.02 Å². The van der Waals surface area contributed by atoms with E-state index < -0.39 is 10.0 Å². The molecule has 1 amide bonds. The fraction of sp³-hybridized carbons (Fsp3) is 0.143. The Morgan fingerprint density at radius 3 is 2.68 bits per heavy atom. The van der Waals surface area contributed by atoms with Crippen molar-refractivity contribution >= 4 is 33.2 Å². The fourth-order valence-electron chi connectivity index (χ4n) is 1.72. The van der Waals surface area contributed by atoms with Gasteiger partial charge in [-0.25, -0.2) is 13.1 Å². The first-order valence-corrected chi connectivity index (χ1v) is 8.20. The Kier molecular flexibility index (Phi) is 5.12. The van der Waals surface area contributed by atoms with E-state index in [2.05, 4.69) is 15.0 Å². The lowest BCUT2D eigenvalue weighted by atomic mass is 10.3. The van der Waals surface area contributed by atoms with Crippen molar-refractivity contribution in [3.8, 4) is 0 Å². The highest BCUT2D eigenvalue weighted by molar-refractivity contribution is 7.89. The summed E-state index contributed by atoms with van der Waals surface area (Å²) < 4.78 is 26.9. The van der Waals surface area contributed by atoms with Gasteiger partial charge in [-0.1, -0.05) is 17.7 Å². The van der Waals surface area contributed by atoms with Crippen LogP contribution in [0.3, 0.4) is 0 Å². The van der Waals surface area contributed by atoms with E-state index in [1.165, 1.54) is 25.1 Å². The maximum absolute atomic E-state index is 12.2. The molecule has 0 aliphatic rings. The van der Waals surface area contributed by atoms with E-state index in [0.29, 0.717) is 5.69 Å². The van der Waals surface area contributed by atoms with Crippen molar-refractivity contribution in [2.75, 3.05) is 5.32 Å². The van der Waals surface area contributed by atoms with Gasteiger partial charge in [0.2, 0.25) is 15.9 Å². The monoisotopic (exact) mass is 339 g/mol. The second-order valence-corrected chi connectivity index (χ2v) is 6.68. The molecule has 0 radical (unpaired) electrons. The predicted octanol–water partition coefficient (Wildman–Crippen LogP) is 2.17. The molecule has 0 bridgehead atoms. The average Bonchev–Trinajstić information content (AvgIpc) is 2.48. The predicted molar refractivity (Wildman–Crippen MR) is 84.0 cm³/mol. The average molecular weight is 340 g/mol. The number of amides is 1. The van der Waals surface area contributed by atoms with Gasteiger partial charge in [0, 0.05) is 25.9 Å². The van der Waals surface area contributed by atoms with Crippen LogP contribution in [0, 0.1) is 0 Å². The highest BCUT2D eigenvalue weighted by atomic mass is 35.5. The second-order valence-electron chi connectivity index (χ2n) is 4.51. The first-order valence-electron chi connectivity index (χ1n) is 6.34. The minimum atomic E-state index is -3.70. The van der Waals surface area contributed by atoms with Crippen molar-refractivity contribution in [2.24, 2.45) is 0 Å². The number of sulfonamides is 1. The minimum Gasteiger partial charge on any atom is -0.325 e. The van der Waals surface area contributed by atoms with Gasteiger partial charge in [0.15, 0.2) is 0 Å². The lowest BCUT2D eigenvalue weighted by Gasteiger charge is -2.09. The number of carbonyl (C=O) groups is 1. The molecule has 0 aliphatic carbocycles. The molecule has 2 aromatic rings. The van der Waals surface area contributed by atoms with Gasteiger partial charge in [-0.05, 0) is 29.8 Å². The normalized spacial score (nSPS) is 11.2. The van der Waals surface area contributed by atoms with E-state index in [-0.39, 0.29) is 22.4 Å². The highest BCUT2D eigenvalue weighted by Gasteiger charge is 2.15. The molecule has 0 saturated carbocycles. The van der Waals surface area contributed by atoms with Gasteiger partial charge < -0.3 is 5.32 Å². The molecular weight excluding hydrogens is 326 g/mol. The molecule has 0 saturated heterocycles. The van der Waals surface area contributed by atoms with Crippen molar-refractivity contribution in [3.63, 3.8) is 0 Å². The summed E-state index contributed by atoms with van der Waals surface area (Å²) in [6, 6.07) is 7.61. The third-order valence-electron chi connectivity index (χ3n) is 2.75. The molecule has 1 aromatic heterocycles. The van der Waals surface area contributed by atoms with Gasteiger partial charge in [0.05, 0.1) is 15.6 Å². The van der Waals surface area contributed by atoms with Gasteiger partial charge in [-0.15, -0.1) is 0 Å². The Morgan fingerprint density at radius 2 is 2.09 bits per heavy atom. The summed E-state index contributed by atoms with van der Waals surface area (Å²) in [5.41, 5.74) is 1.10. The number of pyridine rings is 1. The van der Waals surface area contributed by atoms with E-state index in [4.69, 9.17) is 11.6 Å². The van der Waals surface area contributed by atoms with Crippen LogP contribution in [0.1, 0.15) is 12.5 Å². The summed E-state index contributed by atoms with van der Waals surface area (Å²) in [6.07, 6.45) is 3.19. The topological polar surface area (TPSA) is 88.2 Å². The fourth-order valence-corrected chi connectivity index (χ4v) is 3.05. The zero-order chi connectivity index (χ0) is 16.2. The summed E-state index contributed by atoms with van der Waals surface area (Å²) in [5, 5.41) is 2.67. The molecule has 2 N–H and O–H groups in total. The molecule has 6 nitrogen and oxygen atoms in total. The minimum absolute atomic E-state index is 0.0236. The van der Waals surface area contributed by atoms with E-state index in [9.17, 15) is 13.2 Å². The molecular formula is C14H14ClN3O3S. The SMILES string of the molecule is CC(=O)Nc1ccc(S(=O)(=O)NCc2cccnc2)cc1Cl. The maximum atomic E-state index is 12.2. The van der Waals surface area contributed by atoms with Crippen LogP contribution in [-0.4, -0.2) is 19.3 Å². The van der Waals surface area contributed by atoms with Crippen molar-refractivity contribution in [1.29, 1.82) is 0 Å². The van der Waals surface area contributed by atoms with E-state index in [1.807, 2.05) is 0 Å². The number of aromatic nitrogens is 1. The molecule has 8 heteroatoms. The number of hydrogen-bond acceptors (Lipinski definition) is 4. The number of benzene rings is 1. The quantitative estimate of drug-likeness (QED) is 0.873. The zero-order valence-electron chi connectivity index (χ0n) is 11.7. The summed E-state index contributed by atoms with van der Waals surface area (Å²) in [7, 11) is -3.70. The standard InChI is InChI=1S/C14H14ClN3O3S/c1-10(19)18-14-5-4-12(7-13(14)15)22(20,21)17-9-11-3-2-6-16-8-11/h2-8,17H,9H2,1H3,(H,18,19). The van der Waals surface area contributed by atoms with Gasteiger partial charge >= 0.3 is 0 Å². The molecule has 116 valence electrons. The molecule has 1 heterocycles. The maximum Gasteiger partial charge on any atom is 0.240 e.